The lowest BCUT2D eigenvalue weighted by Gasteiger charge is -2.24. The maximum atomic E-state index is 8.94. The van der Waals surface area contributed by atoms with Crippen LogP contribution in [-0.2, 0) is 0 Å². The summed E-state index contributed by atoms with van der Waals surface area (Å²) in [6, 6.07) is 12.6. The van der Waals surface area contributed by atoms with Crippen molar-refractivity contribution in [2.75, 3.05) is 18.0 Å². The lowest BCUT2D eigenvalue weighted by molar-refractivity contribution is 0.614. The molecule has 15 heavy (non-hydrogen) atoms. The van der Waals surface area contributed by atoms with Gasteiger partial charge in [-0.15, -0.1) is 0 Å². The molecule has 0 amide bonds. The minimum Gasteiger partial charge on any atom is -0.370 e. The third kappa shape index (κ3) is 3.28. The lowest BCUT2D eigenvalue weighted by Crippen LogP contribution is -2.28. The van der Waals surface area contributed by atoms with Gasteiger partial charge in [0.2, 0.25) is 0 Å². The highest BCUT2D eigenvalue weighted by molar-refractivity contribution is 5.45. The number of hydrogen-bond donors (Lipinski definition) is 0. The van der Waals surface area contributed by atoms with Crippen LogP contribution in [-0.4, -0.2) is 13.1 Å². The normalized spacial score (nSPS) is 11.8. The zero-order valence-electron chi connectivity index (χ0n) is 9.48. The number of anilines is 1. The molecule has 0 aromatic heterocycles. The average molecular weight is 202 g/mol. The van der Waals surface area contributed by atoms with E-state index in [1.165, 1.54) is 5.69 Å². The average Bonchev–Trinajstić information content (AvgIpc) is 2.32. The fraction of sp³-hybridized carbons (Fsp3) is 0.462. The summed E-state index contributed by atoms with van der Waals surface area (Å²) >= 11 is 0. The first-order chi connectivity index (χ1) is 7.31. The first-order valence-electron chi connectivity index (χ1n) is 5.51. The minimum absolute atomic E-state index is 0.130. The molecule has 0 N–H and O–H groups in total. The molecule has 0 saturated heterocycles. The standard InChI is InChI=1S/C13H18N2/c1-3-12(10-14)11-15(4-2)13-8-6-5-7-9-13/h5-9,12H,3-4,11H2,1-2H3. The second-order valence-electron chi connectivity index (χ2n) is 3.61. The SMILES string of the molecule is CCC(C#N)CN(CC)c1ccccc1. The van der Waals surface area contributed by atoms with Crippen molar-refractivity contribution in [3.8, 4) is 6.07 Å². The van der Waals surface area contributed by atoms with Gasteiger partial charge < -0.3 is 4.90 Å². The number of hydrogen-bond acceptors (Lipinski definition) is 2. The molecule has 1 rings (SSSR count). The highest BCUT2D eigenvalue weighted by Gasteiger charge is 2.10. The van der Waals surface area contributed by atoms with Crippen LogP contribution in [0.2, 0.25) is 0 Å². The first-order valence-corrected chi connectivity index (χ1v) is 5.51. The molecular weight excluding hydrogens is 184 g/mol. The van der Waals surface area contributed by atoms with Crippen LogP contribution in [0, 0.1) is 17.2 Å². The van der Waals surface area contributed by atoms with Crippen LogP contribution < -0.4 is 4.90 Å². The Morgan fingerprint density at radius 2 is 1.93 bits per heavy atom. The quantitative estimate of drug-likeness (QED) is 0.733. The van der Waals surface area contributed by atoms with E-state index in [1.807, 2.05) is 18.2 Å². The molecule has 0 aliphatic carbocycles. The summed E-state index contributed by atoms with van der Waals surface area (Å²) in [5.41, 5.74) is 1.20. The number of nitrogens with zero attached hydrogens (tertiary/aromatic N) is 2. The van der Waals surface area contributed by atoms with E-state index < -0.39 is 0 Å². The first kappa shape index (κ1) is 11.6. The highest BCUT2D eigenvalue weighted by Crippen LogP contribution is 2.15. The van der Waals surface area contributed by atoms with Crippen LogP contribution in [0.1, 0.15) is 20.3 Å². The summed E-state index contributed by atoms with van der Waals surface area (Å²) in [6.07, 6.45) is 0.917. The van der Waals surface area contributed by atoms with E-state index in [0.717, 1.165) is 19.5 Å². The molecule has 0 saturated carbocycles. The molecule has 1 aromatic rings. The van der Waals surface area contributed by atoms with Crippen molar-refractivity contribution in [1.82, 2.24) is 0 Å². The third-order valence-electron chi connectivity index (χ3n) is 2.62. The number of para-hydroxylation sites is 1. The Morgan fingerprint density at radius 1 is 1.27 bits per heavy atom. The van der Waals surface area contributed by atoms with Crippen molar-refractivity contribution >= 4 is 5.69 Å². The van der Waals surface area contributed by atoms with E-state index >= 15 is 0 Å². The zero-order valence-corrected chi connectivity index (χ0v) is 9.48. The topological polar surface area (TPSA) is 27.0 Å². The van der Waals surface area contributed by atoms with Crippen LogP contribution in [0.4, 0.5) is 5.69 Å². The van der Waals surface area contributed by atoms with Gasteiger partial charge in [-0.3, -0.25) is 0 Å². The van der Waals surface area contributed by atoms with Crippen molar-refractivity contribution in [2.24, 2.45) is 5.92 Å². The monoisotopic (exact) mass is 202 g/mol. The van der Waals surface area contributed by atoms with Gasteiger partial charge in [0, 0.05) is 18.8 Å². The second-order valence-corrected chi connectivity index (χ2v) is 3.61. The van der Waals surface area contributed by atoms with Gasteiger partial charge in [0.15, 0.2) is 0 Å². The van der Waals surface area contributed by atoms with Crippen molar-refractivity contribution in [2.45, 2.75) is 20.3 Å². The van der Waals surface area contributed by atoms with Crippen LogP contribution >= 0.6 is 0 Å². The summed E-state index contributed by atoms with van der Waals surface area (Å²) < 4.78 is 0. The number of benzene rings is 1. The summed E-state index contributed by atoms with van der Waals surface area (Å²) in [7, 11) is 0. The molecule has 0 fully saturated rings. The summed E-state index contributed by atoms with van der Waals surface area (Å²) in [4.78, 5) is 2.25. The summed E-state index contributed by atoms with van der Waals surface area (Å²) in [5, 5.41) is 8.94. The van der Waals surface area contributed by atoms with Crippen LogP contribution in [0.3, 0.4) is 0 Å². The van der Waals surface area contributed by atoms with Crippen LogP contribution in [0.25, 0.3) is 0 Å². The van der Waals surface area contributed by atoms with Crippen molar-refractivity contribution in [3.05, 3.63) is 30.3 Å². The molecule has 1 aromatic carbocycles. The summed E-state index contributed by atoms with van der Waals surface area (Å²) in [6.45, 7) is 5.96. The Hall–Kier alpha value is -1.49. The smallest absolute Gasteiger partial charge is 0.0674 e. The van der Waals surface area contributed by atoms with Crippen molar-refractivity contribution < 1.29 is 0 Å². The highest BCUT2D eigenvalue weighted by atomic mass is 15.1. The van der Waals surface area contributed by atoms with E-state index in [1.54, 1.807) is 0 Å². The van der Waals surface area contributed by atoms with Gasteiger partial charge >= 0.3 is 0 Å². The van der Waals surface area contributed by atoms with Gasteiger partial charge in [0.1, 0.15) is 0 Å². The van der Waals surface area contributed by atoms with Gasteiger partial charge in [-0.1, -0.05) is 25.1 Å². The fourth-order valence-corrected chi connectivity index (χ4v) is 1.58. The fourth-order valence-electron chi connectivity index (χ4n) is 1.58. The van der Waals surface area contributed by atoms with Gasteiger partial charge in [-0.2, -0.15) is 5.26 Å². The Bertz CT molecular complexity index is 313. The van der Waals surface area contributed by atoms with Gasteiger partial charge in [-0.05, 0) is 25.5 Å². The molecule has 80 valence electrons. The molecule has 0 bridgehead atoms. The van der Waals surface area contributed by atoms with E-state index in [-0.39, 0.29) is 5.92 Å². The molecule has 0 aliphatic heterocycles. The van der Waals surface area contributed by atoms with E-state index in [0.29, 0.717) is 0 Å². The molecule has 1 atom stereocenters. The maximum Gasteiger partial charge on any atom is 0.0674 e. The molecule has 0 spiro atoms. The van der Waals surface area contributed by atoms with E-state index in [2.05, 4.69) is 36.9 Å². The van der Waals surface area contributed by atoms with Gasteiger partial charge in [0.25, 0.3) is 0 Å². The molecular formula is C13H18N2. The minimum atomic E-state index is 0.130. The van der Waals surface area contributed by atoms with Crippen LogP contribution in [0.5, 0.6) is 0 Å². The maximum absolute atomic E-state index is 8.94. The number of nitriles is 1. The van der Waals surface area contributed by atoms with Crippen LogP contribution in [0.15, 0.2) is 30.3 Å². The van der Waals surface area contributed by atoms with Gasteiger partial charge in [0.05, 0.1) is 12.0 Å². The number of rotatable bonds is 5. The molecule has 0 radical (unpaired) electrons. The second kappa shape index (κ2) is 6.08. The predicted octanol–water partition coefficient (Wildman–Crippen LogP) is 3.06. The van der Waals surface area contributed by atoms with Gasteiger partial charge in [-0.25, -0.2) is 0 Å². The molecule has 0 aliphatic rings. The summed E-state index contributed by atoms with van der Waals surface area (Å²) in [5.74, 6) is 0.130. The van der Waals surface area contributed by atoms with E-state index in [9.17, 15) is 0 Å². The largest absolute Gasteiger partial charge is 0.370 e. The Morgan fingerprint density at radius 3 is 2.40 bits per heavy atom. The van der Waals surface area contributed by atoms with E-state index in [4.69, 9.17) is 5.26 Å². The predicted molar refractivity (Wildman–Crippen MR) is 63.7 cm³/mol. The Balaban J connectivity index is 2.69. The van der Waals surface area contributed by atoms with Crippen molar-refractivity contribution in [1.29, 1.82) is 5.26 Å². The Kier molecular flexibility index (Phi) is 4.70. The molecule has 2 heteroatoms. The molecule has 0 heterocycles. The molecule has 1 unspecified atom stereocenters. The zero-order chi connectivity index (χ0) is 11.1. The van der Waals surface area contributed by atoms with Crippen molar-refractivity contribution in [3.63, 3.8) is 0 Å². The third-order valence-corrected chi connectivity index (χ3v) is 2.62. The Labute approximate surface area is 92.1 Å². The lowest BCUT2D eigenvalue weighted by atomic mass is 10.1. The molecule has 2 nitrogen and oxygen atoms in total.